The van der Waals surface area contributed by atoms with Gasteiger partial charge >= 0.3 is 5.97 Å². The molecule has 6 heteroatoms. The maximum atomic E-state index is 12.1. The number of nitrogens with zero attached hydrogens (tertiary/aromatic N) is 1. The number of anilines is 1. The zero-order valence-electron chi connectivity index (χ0n) is 12.7. The van der Waals surface area contributed by atoms with Gasteiger partial charge in [-0.15, -0.1) is 0 Å². The van der Waals surface area contributed by atoms with Gasteiger partial charge in [-0.05, 0) is 18.6 Å². The van der Waals surface area contributed by atoms with Crippen LogP contribution in [-0.2, 0) is 9.53 Å². The van der Waals surface area contributed by atoms with Crippen LogP contribution in [0.3, 0.4) is 0 Å². The number of nitriles is 1. The average molecular weight is 301 g/mol. The Labute approximate surface area is 129 Å². The summed E-state index contributed by atoms with van der Waals surface area (Å²) < 4.78 is 4.49. The summed E-state index contributed by atoms with van der Waals surface area (Å²) >= 11 is 0. The second-order valence-corrected chi connectivity index (χ2v) is 4.46. The molecule has 22 heavy (non-hydrogen) atoms. The summed E-state index contributed by atoms with van der Waals surface area (Å²) in [7, 11) is 1.20. The highest BCUT2D eigenvalue weighted by atomic mass is 16.5. The van der Waals surface area contributed by atoms with E-state index in [1.165, 1.54) is 13.3 Å². The Morgan fingerprint density at radius 2 is 2.09 bits per heavy atom. The number of rotatable bonds is 7. The summed E-state index contributed by atoms with van der Waals surface area (Å²) in [6.07, 6.45) is 3.12. The van der Waals surface area contributed by atoms with Gasteiger partial charge in [-0.1, -0.05) is 25.5 Å². The van der Waals surface area contributed by atoms with Crippen molar-refractivity contribution in [3.63, 3.8) is 0 Å². The second kappa shape index (κ2) is 9.19. The van der Waals surface area contributed by atoms with Crippen molar-refractivity contribution in [2.45, 2.75) is 19.8 Å². The van der Waals surface area contributed by atoms with Gasteiger partial charge in [0.1, 0.15) is 6.07 Å². The smallest absolute Gasteiger partial charge is 0.350 e. The minimum atomic E-state index is -0.736. The molecule has 1 amide bonds. The average Bonchev–Trinajstić information content (AvgIpc) is 2.55. The van der Waals surface area contributed by atoms with E-state index in [4.69, 9.17) is 5.26 Å². The van der Waals surface area contributed by atoms with E-state index in [1.54, 1.807) is 30.3 Å². The molecule has 0 saturated carbocycles. The van der Waals surface area contributed by atoms with Crippen LogP contribution >= 0.6 is 0 Å². The number of unbranched alkanes of at least 4 members (excludes halogenated alkanes) is 1. The number of ether oxygens (including phenoxy) is 1. The molecule has 0 heterocycles. The zero-order valence-corrected chi connectivity index (χ0v) is 12.7. The molecule has 1 rings (SSSR count). The molecule has 0 bridgehead atoms. The Kier molecular flexibility index (Phi) is 7.20. The molecule has 0 aromatic heterocycles. The van der Waals surface area contributed by atoms with Gasteiger partial charge in [-0.2, -0.15) is 5.26 Å². The Balaban J connectivity index is 2.88. The molecular weight excluding hydrogens is 282 g/mol. The highest BCUT2D eigenvalue weighted by Crippen LogP contribution is 2.15. The molecule has 0 atom stereocenters. The van der Waals surface area contributed by atoms with Crippen molar-refractivity contribution in [1.29, 1.82) is 5.26 Å². The summed E-state index contributed by atoms with van der Waals surface area (Å²) in [5.41, 5.74) is 0.772. The number of esters is 1. The molecule has 0 unspecified atom stereocenters. The van der Waals surface area contributed by atoms with E-state index in [-0.39, 0.29) is 11.5 Å². The minimum Gasteiger partial charge on any atom is -0.465 e. The van der Waals surface area contributed by atoms with Gasteiger partial charge in [0, 0.05) is 12.7 Å². The monoisotopic (exact) mass is 301 g/mol. The van der Waals surface area contributed by atoms with Crippen molar-refractivity contribution >= 4 is 17.6 Å². The first-order chi connectivity index (χ1) is 10.6. The van der Waals surface area contributed by atoms with Crippen LogP contribution in [0.25, 0.3) is 0 Å². The normalized spacial score (nSPS) is 10.5. The van der Waals surface area contributed by atoms with E-state index < -0.39 is 5.97 Å². The van der Waals surface area contributed by atoms with Gasteiger partial charge < -0.3 is 15.4 Å². The van der Waals surface area contributed by atoms with Crippen LogP contribution in [0.2, 0.25) is 0 Å². The predicted molar refractivity (Wildman–Crippen MR) is 83.0 cm³/mol. The van der Waals surface area contributed by atoms with E-state index in [0.29, 0.717) is 17.8 Å². The molecule has 0 radical (unpaired) electrons. The molecule has 0 aliphatic rings. The number of amides is 1. The molecule has 2 N–H and O–H groups in total. The number of carbonyl (C=O) groups excluding carboxylic acids is 2. The summed E-state index contributed by atoms with van der Waals surface area (Å²) in [6, 6.07) is 8.60. The van der Waals surface area contributed by atoms with E-state index in [1.807, 2.05) is 6.92 Å². The van der Waals surface area contributed by atoms with Gasteiger partial charge in [-0.25, -0.2) is 4.79 Å². The zero-order chi connectivity index (χ0) is 16.4. The van der Waals surface area contributed by atoms with Crippen molar-refractivity contribution in [3.8, 4) is 6.07 Å². The quantitative estimate of drug-likeness (QED) is 0.349. The molecule has 1 aromatic rings. The number of hydrogen-bond donors (Lipinski definition) is 2. The van der Waals surface area contributed by atoms with E-state index >= 15 is 0 Å². The number of para-hydroxylation sites is 1. The third-order valence-electron chi connectivity index (χ3n) is 2.89. The Morgan fingerprint density at radius 1 is 1.36 bits per heavy atom. The Morgan fingerprint density at radius 3 is 2.73 bits per heavy atom. The van der Waals surface area contributed by atoms with Crippen LogP contribution in [-0.4, -0.2) is 25.5 Å². The molecule has 0 fully saturated rings. The lowest BCUT2D eigenvalue weighted by molar-refractivity contribution is -0.135. The molecule has 0 aliphatic carbocycles. The summed E-state index contributed by atoms with van der Waals surface area (Å²) in [4.78, 5) is 23.4. The molecule has 6 nitrogen and oxygen atoms in total. The molecule has 0 saturated heterocycles. The van der Waals surface area contributed by atoms with E-state index in [0.717, 1.165) is 12.8 Å². The topological polar surface area (TPSA) is 91.2 Å². The van der Waals surface area contributed by atoms with Crippen LogP contribution < -0.4 is 10.6 Å². The van der Waals surface area contributed by atoms with Crippen molar-refractivity contribution in [3.05, 3.63) is 41.6 Å². The molecule has 0 spiro atoms. The number of benzene rings is 1. The van der Waals surface area contributed by atoms with Gasteiger partial charge in [0.25, 0.3) is 5.91 Å². The van der Waals surface area contributed by atoms with Crippen LogP contribution in [0.15, 0.2) is 36.0 Å². The standard InChI is InChI=1S/C16H19N3O3/c1-3-4-9-18-15(20)13-7-5-6-8-14(13)19-11-12(10-17)16(21)22-2/h5-8,11,19H,3-4,9H2,1-2H3,(H,18,20)/b12-11-. The van der Waals surface area contributed by atoms with Crippen molar-refractivity contribution < 1.29 is 14.3 Å². The van der Waals surface area contributed by atoms with Crippen LogP contribution in [0.5, 0.6) is 0 Å². The maximum Gasteiger partial charge on any atom is 0.350 e. The van der Waals surface area contributed by atoms with Gasteiger partial charge in [0.05, 0.1) is 18.4 Å². The lowest BCUT2D eigenvalue weighted by atomic mass is 10.1. The van der Waals surface area contributed by atoms with Crippen LogP contribution in [0.1, 0.15) is 30.1 Å². The SMILES string of the molecule is CCCCNC(=O)c1ccccc1N/C=C(/C#N)C(=O)OC. The summed E-state index contributed by atoms with van der Waals surface area (Å²) in [5.74, 6) is -0.943. The van der Waals surface area contributed by atoms with Crippen molar-refractivity contribution in [2.75, 3.05) is 19.0 Å². The Hall–Kier alpha value is -2.81. The lowest BCUT2D eigenvalue weighted by Gasteiger charge is -2.10. The first kappa shape index (κ1) is 17.2. The Bertz CT molecular complexity index is 603. The predicted octanol–water partition coefficient (Wildman–Crippen LogP) is 2.21. The van der Waals surface area contributed by atoms with Crippen molar-refractivity contribution in [1.82, 2.24) is 5.32 Å². The first-order valence-corrected chi connectivity index (χ1v) is 6.96. The lowest BCUT2D eigenvalue weighted by Crippen LogP contribution is -2.25. The van der Waals surface area contributed by atoms with Gasteiger partial charge in [0.2, 0.25) is 0 Å². The van der Waals surface area contributed by atoms with E-state index in [9.17, 15) is 9.59 Å². The number of hydrogen-bond acceptors (Lipinski definition) is 5. The van der Waals surface area contributed by atoms with Crippen LogP contribution in [0.4, 0.5) is 5.69 Å². The number of methoxy groups -OCH3 is 1. The number of nitrogens with one attached hydrogen (secondary N) is 2. The molecule has 116 valence electrons. The summed E-state index contributed by atoms with van der Waals surface area (Å²) in [5, 5.41) is 14.5. The fourth-order valence-corrected chi connectivity index (χ4v) is 1.68. The van der Waals surface area contributed by atoms with Gasteiger partial charge in [-0.3, -0.25) is 4.79 Å². The third-order valence-corrected chi connectivity index (χ3v) is 2.89. The molecule has 0 aliphatic heterocycles. The molecular formula is C16H19N3O3. The number of carbonyl (C=O) groups is 2. The fourth-order valence-electron chi connectivity index (χ4n) is 1.68. The van der Waals surface area contributed by atoms with Crippen LogP contribution in [0, 0.1) is 11.3 Å². The highest BCUT2D eigenvalue weighted by Gasteiger charge is 2.11. The first-order valence-electron chi connectivity index (χ1n) is 6.96. The largest absolute Gasteiger partial charge is 0.465 e. The summed E-state index contributed by atoms with van der Waals surface area (Å²) in [6.45, 7) is 2.65. The minimum absolute atomic E-state index is 0.177. The fraction of sp³-hybridized carbons (Fsp3) is 0.312. The maximum absolute atomic E-state index is 12.1. The highest BCUT2D eigenvalue weighted by molar-refractivity contribution is 6.00. The second-order valence-electron chi connectivity index (χ2n) is 4.46. The van der Waals surface area contributed by atoms with Gasteiger partial charge in [0.15, 0.2) is 5.57 Å². The third kappa shape index (κ3) is 4.94. The van der Waals surface area contributed by atoms with E-state index in [2.05, 4.69) is 15.4 Å². The molecule has 1 aromatic carbocycles. The van der Waals surface area contributed by atoms with Crippen molar-refractivity contribution in [2.24, 2.45) is 0 Å².